The van der Waals surface area contributed by atoms with Crippen LogP contribution >= 0.6 is 11.3 Å². The molecule has 1 atom stereocenters. The van der Waals surface area contributed by atoms with Gasteiger partial charge in [0.15, 0.2) is 5.82 Å². The van der Waals surface area contributed by atoms with Gasteiger partial charge in [-0.15, -0.1) is 11.3 Å². The fraction of sp³-hybridized carbons (Fsp3) is 0.125. The molecule has 0 bridgehead atoms. The minimum Gasteiger partial charge on any atom is -0.310 e. The number of halogens is 2. The number of rotatable bonds is 2. The Morgan fingerprint density at radius 1 is 1.30 bits per heavy atom. The Bertz CT molecular complexity index is 889. The first-order chi connectivity index (χ1) is 11.1. The van der Waals surface area contributed by atoms with Gasteiger partial charge in [-0.2, -0.15) is 5.10 Å². The lowest BCUT2D eigenvalue weighted by Gasteiger charge is -2.22. The van der Waals surface area contributed by atoms with Crippen LogP contribution in [0.3, 0.4) is 0 Å². The number of nitrogens with zero attached hydrogens (tertiary/aromatic N) is 2. The van der Waals surface area contributed by atoms with Crippen molar-refractivity contribution < 1.29 is 13.6 Å². The van der Waals surface area contributed by atoms with Crippen LogP contribution in [-0.2, 0) is 4.79 Å². The number of nitrogens with one attached hydrogen (secondary N) is 1. The van der Waals surface area contributed by atoms with Crippen molar-refractivity contribution in [2.75, 3.05) is 5.32 Å². The Hall–Kier alpha value is -2.54. The van der Waals surface area contributed by atoms with Crippen LogP contribution < -0.4 is 5.32 Å². The molecule has 4 nitrogen and oxygen atoms in total. The van der Waals surface area contributed by atoms with Gasteiger partial charge >= 0.3 is 0 Å². The normalized spacial score (nSPS) is 17.0. The van der Waals surface area contributed by atoms with E-state index in [4.69, 9.17) is 0 Å². The van der Waals surface area contributed by atoms with Gasteiger partial charge in [-0.05, 0) is 23.6 Å². The summed E-state index contributed by atoms with van der Waals surface area (Å²) in [7, 11) is 0. The molecule has 0 radical (unpaired) electrons. The molecule has 1 unspecified atom stereocenters. The number of aromatic nitrogens is 2. The first kappa shape index (κ1) is 14.1. The third-order valence-electron chi connectivity index (χ3n) is 3.84. The van der Waals surface area contributed by atoms with Crippen LogP contribution in [0, 0.1) is 11.6 Å². The van der Waals surface area contributed by atoms with E-state index in [1.807, 2.05) is 17.5 Å². The Kier molecular flexibility index (Phi) is 3.23. The second kappa shape index (κ2) is 5.27. The molecular formula is C16H11F2N3OS. The van der Waals surface area contributed by atoms with Crippen LogP contribution in [0.2, 0.25) is 0 Å². The molecule has 3 heterocycles. The zero-order valence-corrected chi connectivity index (χ0v) is 12.6. The molecule has 1 aromatic carbocycles. The number of anilines is 1. The topological polar surface area (TPSA) is 46.9 Å². The quantitative estimate of drug-likeness (QED) is 0.778. The number of hydrogen-bond donors (Lipinski definition) is 1. The van der Waals surface area contributed by atoms with Crippen LogP contribution in [0.5, 0.6) is 0 Å². The molecule has 23 heavy (non-hydrogen) atoms. The van der Waals surface area contributed by atoms with Crippen molar-refractivity contribution in [1.29, 1.82) is 0 Å². The first-order valence-corrected chi connectivity index (χ1v) is 7.88. The van der Waals surface area contributed by atoms with Gasteiger partial charge in [0.25, 0.3) is 0 Å². The summed E-state index contributed by atoms with van der Waals surface area (Å²) in [5.74, 6) is -1.21. The summed E-state index contributed by atoms with van der Waals surface area (Å²) in [5, 5.41) is 8.89. The minimum absolute atomic E-state index is 0.0970. The smallest absolute Gasteiger partial charge is 0.226 e. The molecule has 0 aliphatic carbocycles. The van der Waals surface area contributed by atoms with Gasteiger partial charge in [-0.25, -0.2) is 13.5 Å². The minimum atomic E-state index is -0.733. The molecule has 3 aromatic rings. The predicted octanol–water partition coefficient (Wildman–Crippen LogP) is 3.69. The Morgan fingerprint density at radius 3 is 2.91 bits per heavy atom. The number of thiophene rings is 1. The molecule has 4 rings (SSSR count). The maximum atomic E-state index is 14.0. The van der Waals surface area contributed by atoms with Crippen LogP contribution in [0.25, 0.3) is 5.69 Å². The lowest BCUT2D eigenvalue weighted by Crippen LogP contribution is -2.24. The molecule has 1 aliphatic rings. The van der Waals surface area contributed by atoms with Crippen LogP contribution in [0.15, 0.2) is 41.9 Å². The molecule has 7 heteroatoms. The summed E-state index contributed by atoms with van der Waals surface area (Å²) in [4.78, 5) is 13.1. The number of fused-ring (bicyclic) bond motifs is 1. The highest BCUT2D eigenvalue weighted by Crippen LogP contribution is 2.39. The van der Waals surface area contributed by atoms with Crippen molar-refractivity contribution in [3.05, 3.63) is 64.0 Å². The van der Waals surface area contributed by atoms with E-state index in [-0.39, 0.29) is 17.5 Å². The van der Waals surface area contributed by atoms with Gasteiger partial charge in [0.1, 0.15) is 17.3 Å². The Labute approximate surface area is 134 Å². The average Bonchev–Trinajstić information content (AvgIpc) is 3.16. The molecule has 0 fully saturated rings. The lowest BCUT2D eigenvalue weighted by atomic mass is 9.93. The third-order valence-corrected chi connectivity index (χ3v) is 4.83. The fourth-order valence-corrected chi connectivity index (χ4v) is 3.64. The van der Waals surface area contributed by atoms with Gasteiger partial charge in [0, 0.05) is 28.8 Å². The number of benzene rings is 1. The molecule has 0 saturated carbocycles. The maximum Gasteiger partial charge on any atom is 0.226 e. The number of hydrogen-bond acceptors (Lipinski definition) is 3. The van der Waals surface area contributed by atoms with Crippen LogP contribution in [0.1, 0.15) is 22.8 Å². The second-order valence-corrected chi connectivity index (χ2v) is 6.26. The summed E-state index contributed by atoms with van der Waals surface area (Å²) < 4.78 is 28.4. The van der Waals surface area contributed by atoms with E-state index in [9.17, 15) is 13.6 Å². The summed E-state index contributed by atoms with van der Waals surface area (Å²) in [6.07, 6.45) is 1.95. The second-order valence-electron chi connectivity index (χ2n) is 5.28. The summed E-state index contributed by atoms with van der Waals surface area (Å²) in [6.45, 7) is 0. The fourth-order valence-electron chi connectivity index (χ4n) is 2.80. The number of carbonyl (C=O) groups excluding carboxylic acids is 1. The molecule has 1 aliphatic heterocycles. The number of carbonyl (C=O) groups is 1. The highest BCUT2D eigenvalue weighted by atomic mass is 32.1. The van der Waals surface area contributed by atoms with E-state index in [0.717, 1.165) is 22.6 Å². The predicted molar refractivity (Wildman–Crippen MR) is 82.9 cm³/mol. The van der Waals surface area contributed by atoms with Gasteiger partial charge in [0.2, 0.25) is 5.91 Å². The van der Waals surface area contributed by atoms with Crippen molar-refractivity contribution in [3.63, 3.8) is 0 Å². The van der Waals surface area contributed by atoms with E-state index in [2.05, 4.69) is 10.4 Å². The van der Waals surface area contributed by atoms with Gasteiger partial charge in [-0.1, -0.05) is 6.07 Å². The molecular weight excluding hydrogens is 320 g/mol. The molecule has 1 amide bonds. The lowest BCUT2D eigenvalue weighted by molar-refractivity contribution is -0.116. The third kappa shape index (κ3) is 2.33. The molecule has 2 aromatic heterocycles. The van der Waals surface area contributed by atoms with E-state index in [1.165, 1.54) is 10.7 Å². The van der Waals surface area contributed by atoms with E-state index >= 15 is 0 Å². The molecule has 116 valence electrons. The first-order valence-electron chi connectivity index (χ1n) is 7.00. The average molecular weight is 331 g/mol. The Balaban J connectivity index is 1.85. The van der Waals surface area contributed by atoms with Crippen molar-refractivity contribution in [3.8, 4) is 5.69 Å². The standard InChI is InChI=1S/C16H11F2N3OS/c17-9-3-4-13(12(18)6-9)21-16-11(8-19-21)10(7-15(22)20-16)14-2-1-5-23-14/h1-6,8,10H,7H2,(H,20,22). The van der Waals surface area contributed by atoms with Gasteiger partial charge < -0.3 is 5.32 Å². The van der Waals surface area contributed by atoms with Crippen molar-refractivity contribution >= 4 is 23.1 Å². The van der Waals surface area contributed by atoms with Crippen molar-refractivity contribution in [2.24, 2.45) is 0 Å². The van der Waals surface area contributed by atoms with Gasteiger partial charge in [-0.3, -0.25) is 4.79 Å². The van der Waals surface area contributed by atoms with E-state index in [1.54, 1.807) is 17.5 Å². The summed E-state index contributed by atoms with van der Waals surface area (Å²) in [6, 6.07) is 7.15. The van der Waals surface area contributed by atoms with Crippen molar-refractivity contribution in [1.82, 2.24) is 9.78 Å². The van der Waals surface area contributed by atoms with E-state index in [0.29, 0.717) is 12.2 Å². The van der Waals surface area contributed by atoms with Crippen LogP contribution in [0.4, 0.5) is 14.6 Å². The van der Waals surface area contributed by atoms with Gasteiger partial charge in [0.05, 0.1) is 6.20 Å². The molecule has 0 saturated heterocycles. The summed E-state index contributed by atoms with van der Waals surface area (Å²) in [5.41, 5.74) is 0.926. The summed E-state index contributed by atoms with van der Waals surface area (Å²) >= 11 is 1.56. The monoisotopic (exact) mass is 331 g/mol. The van der Waals surface area contributed by atoms with E-state index < -0.39 is 11.6 Å². The maximum absolute atomic E-state index is 14.0. The zero-order valence-electron chi connectivity index (χ0n) is 11.8. The number of amides is 1. The highest BCUT2D eigenvalue weighted by molar-refractivity contribution is 7.10. The molecule has 1 N–H and O–H groups in total. The van der Waals surface area contributed by atoms with Crippen molar-refractivity contribution in [2.45, 2.75) is 12.3 Å². The SMILES string of the molecule is O=C1CC(c2cccs2)c2cnn(-c3ccc(F)cc3F)c2N1. The largest absolute Gasteiger partial charge is 0.310 e. The highest BCUT2D eigenvalue weighted by Gasteiger charge is 2.31. The van der Waals surface area contributed by atoms with Crippen LogP contribution in [-0.4, -0.2) is 15.7 Å². The zero-order chi connectivity index (χ0) is 16.0. The Morgan fingerprint density at radius 2 is 2.17 bits per heavy atom. The molecule has 0 spiro atoms.